The van der Waals surface area contributed by atoms with Crippen LogP contribution in [0.25, 0.3) is 0 Å². The van der Waals surface area contributed by atoms with E-state index in [1.807, 2.05) is 5.38 Å². The summed E-state index contributed by atoms with van der Waals surface area (Å²) in [5.41, 5.74) is 5.97. The highest BCUT2D eigenvalue weighted by Gasteiger charge is 2.09. The van der Waals surface area contributed by atoms with Gasteiger partial charge in [0.15, 0.2) is 0 Å². The summed E-state index contributed by atoms with van der Waals surface area (Å²) in [4.78, 5) is 19.6. The number of carbonyl (C=O) groups is 1. The zero-order valence-corrected chi connectivity index (χ0v) is 9.20. The van der Waals surface area contributed by atoms with Crippen molar-refractivity contribution >= 4 is 23.1 Å². The minimum atomic E-state index is -0.235. The van der Waals surface area contributed by atoms with Gasteiger partial charge in [-0.25, -0.2) is 9.97 Å². The van der Waals surface area contributed by atoms with Crippen LogP contribution in [0.4, 0.5) is 5.82 Å². The van der Waals surface area contributed by atoms with E-state index in [4.69, 9.17) is 5.73 Å². The summed E-state index contributed by atoms with van der Waals surface area (Å²) in [7, 11) is 0. The minimum absolute atomic E-state index is 0.235. The Hall–Kier alpha value is -1.95. The molecule has 3 N–H and O–H groups in total. The van der Waals surface area contributed by atoms with Crippen LogP contribution in [0.5, 0.6) is 0 Å². The fraction of sp³-hybridized carbons (Fsp3) is 0.100. The maximum atomic E-state index is 11.7. The van der Waals surface area contributed by atoms with Crippen LogP contribution in [0, 0.1) is 0 Å². The molecule has 1 amide bonds. The van der Waals surface area contributed by atoms with Gasteiger partial charge in [-0.15, -0.1) is 11.3 Å². The van der Waals surface area contributed by atoms with Crippen LogP contribution in [0.15, 0.2) is 29.9 Å². The average Bonchev–Trinajstić information content (AvgIpc) is 2.79. The molecular formula is C10H10N4OS. The number of pyridine rings is 1. The average molecular weight is 234 g/mol. The third-order valence-electron chi connectivity index (χ3n) is 1.97. The van der Waals surface area contributed by atoms with E-state index in [1.165, 1.54) is 11.3 Å². The number of nitrogens with zero attached hydrogens (tertiary/aromatic N) is 2. The van der Waals surface area contributed by atoms with Gasteiger partial charge in [0, 0.05) is 17.8 Å². The normalized spacial score (nSPS) is 10.0. The molecule has 0 atom stereocenters. The summed E-state index contributed by atoms with van der Waals surface area (Å²) in [6, 6.07) is 3.31. The van der Waals surface area contributed by atoms with Gasteiger partial charge < -0.3 is 11.1 Å². The van der Waals surface area contributed by atoms with Crippen molar-refractivity contribution in [2.24, 2.45) is 0 Å². The highest BCUT2D eigenvalue weighted by Crippen LogP contribution is 2.08. The Morgan fingerprint density at radius 2 is 2.31 bits per heavy atom. The quantitative estimate of drug-likeness (QED) is 0.831. The number of hydrogen-bond donors (Lipinski definition) is 2. The van der Waals surface area contributed by atoms with E-state index in [0.29, 0.717) is 12.1 Å². The number of amides is 1. The first-order chi connectivity index (χ1) is 7.77. The Balaban J connectivity index is 2.01. The summed E-state index contributed by atoms with van der Waals surface area (Å²) in [5, 5.41) is 5.45. The van der Waals surface area contributed by atoms with Gasteiger partial charge >= 0.3 is 0 Å². The smallest absolute Gasteiger partial charge is 0.255 e. The van der Waals surface area contributed by atoms with Crippen LogP contribution in [0.1, 0.15) is 15.4 Å². The number of nitrogens with one attached hydrogen (secondary N) is 1. The van der Waals surface area contributed by atoms with E-state index < -0.39 is 0 Å². The Morgan fingerprint density at radius 3 is 3.00 bits per heavy atom. The topological polar surface area (TPSA) is 80.9 Å². The second kappa shape index (κ2) is 4.71. The molecule has 0 saturated heterocycles. The van der Waals surface area contributed by atoms with Crippen molar-refractivity contribution in [3.63, 3.8) is 0 Å². The van der Waals surface area contributed by atoms with Crippen molar-refractivity contribution < 1.29 is 4.79 Å². The van der Waals surface area contributed by atoms with Crippen LogP contribution in [0.2, 0.25) is 0 Å². The maximum Gasteiger partial charge on any atom is 0.255 e. The van der Waals surface area contributed by atoms with Crippen molar-refractivity contribution in [1.29, 1.82) is 0 Å². The predicted molar refractivity (Wildman–Crippen MR) is 61.9 cm³/mol. The van der Waals surface area contributed by atoms with Gasteiger partial charge in [-0.05, 0) is 12.1 Å². The molecule has 0 aliphatic rings. The molecule has 0 aliphatic heterocycles. The number of hydrogen-bond acceptors (Lipinski definition) is 5. The first-order valence-corrected chi connectivity index (χ1v) is 5.52. The van der Waals surface area contributed by atoms with Gasteiger partial charge in [-0.2, -0.15) is 0 Å². The Morgan fingerprint density at radius 1 is 1.44 bits per heavy atom. The molecule has 6 heteroatoms. The molecule has 2 heterocycles. The van der Waals surface area contributed by atoms with E-state index in [0.717, 1.165) is 5.01 Å². The number of aromatic nitrogens is 2. The molecule has 0 aliphatic carbocycles. The van der Waals surface area contributed by atoms with Gasteiger partial charge in [0.2, 0.25) is 0 Å². The Bertz CT molecular complexity index is 483. The number of anilines is 1. The number of nitrogens with two attached hydrogens (primary N) is 1. The lowest BCUT2D eigenvalue weighted by molar-refractivity contribution is 0.0951. The fourth-order valence-electron chi connectivity index (χ4n) is 1.20. The third-order valence-corrected chi connectivity index (χ3v) is 2.75. The molecule has 82 valence electrons. The molecule has 0 saturated carbocycles. The van der Waals surface area contributed by atoms with Crippen LogP contribution in [-0.4, -0.2) is 15.9 Å². The first-order valence-electron chi connectivity index (χ1n) is 4.64. The lowest BCUT2D eigenvalue weighted by atomic mass is 10.2. The van der Waals surface area contributed by atoms with Crippen molar-refractivity contribution in [3.8, 4) is 0 Å². The number of carbonyl (C=O) groups excluding carboxylic acids is 1. The monoisotopic (exact) mass is 234 g/mol. The van der Waals surface area contributed by atoms with E-state index >= 15 is 0 Å². The Labute approximate surface area is 96.3 Å². The van der Waals surface area contributed by atoms with Gasteiger partial charge in [-0.1, -0.05) is 0 Å². The number of rotatable bonds is 3. The highest BCUT2D eigenvalue weighted by molar-refractivity contribution is 7.09. The van der Waals surface area contributed by atoms with Gasteiger partial charge in [0.1, 0.15) is 10.8 Å². The molecule has 2 aromatic heterocycles. The number of nitrogen functional groups attached to an aromatic ring is 1. The summed E-state index contributed by atoms with van der Waals surface area (Å²) in [6.45, 7) is 0.408. The molecule has 2 aromatic rings. The van der Waals surface area contributed by atoms with Crippen molar-refractivity contribution in [2.45, 2.75) is 6.54 Å². The SMILES string of the molecule is Nc1ncccc1C(=O)NCc1nccs1. The molecule has 0 spiro atoms. The summed E-state index contributed by atoms with van der Waals surface area (Å²) >= 11 is 1.49. The van der Waals surface area contributed by atoms with Crippen molar-refractivity contribution in [2.75, 3.05) is 5.73 Å². The zero-order valence-electron chi connectivity index (χ0n) is 8.38. The highest BCUT2D eigenvalue weighted by atomic mass is 32.1. The lowest BCUT2D eigenvalue weighted by Gasteiger charge is -2.04. The van der Waals surface area contributed by atoms with Crippen molar-refractivity contribution in [1.82, 2.24) is 15.3 Å². The fourth-order valence-corrected chi connectivity index (χ4v) is 1.76. The standard InChI is InChI=1S/C10H10N4OS/c11-9-7(2-1-3-13-9)10(15)14-6-8-12-4-5-16-8/h1-5H,6H2,(H2,11,13)(H,14,15). The molecule has 5 nitrogen and oxygen atoms in total. The zero-order chi connectivity index (χ0) is 11.4. The van der Waals surface area contributed by atoms with Crippen LogP contribution in [0.3, 0.4) is 0 Å². The van der Waals surface area contributed by atoms with E-state index in [2.05, 4.69) is 15.3 Å². The van der Waals surface area contributed by atoms with E-state index in [1.54, 1.807) is 24.5 Å². The second-order valence-electron chi connectivity index (χ2n) is 3.04. The van der Waals surface area contributed by atoms with Gasteiger partial charge in [-0.3, -0.25) is 4.79 Å². The lowest BCUT2D eigenvalue weighted by Crippen LogP contribution is -2.24. The van der Waals surface area contributed by atoms with E-state index in [9.17, 15) is 4.79 Å². The van der Waals surface area contributed by atoms with Crippen LogP contribution >= 0.6 is 11.3 Å². The maximum absolute atomic E-state index is 11.7. The molecule has 2 rings (SSSR count). The molecule has 0 unspecified atom stereocenters. The van der Waals surface area contributed by atoms with Gasteiger partial charge in [0.05, 0.1) is 12.1 Å². The first kappa shape index (κ1) is 10.6. The van der Waals surface area contributed by atoms with E-state index in [-0.39, 0.29) is 11.7 Å². The molecule has 0 bridgehead atoms. The molecule has 0 radical (unpaired) electrons. The summed E-state index contributed by atoms with van der Waals surface area (Å²) in [6.07, 6.45) is 3.25. The van der Waals surface area contributed by atoms with Crippen LogP contribution in [-0.2, 0) is 6.54 Å². The minimum Gasteiger partial charge on any atom is -0.383 e. The molecular weight excluding hydrogens is 224 g/mol. The largest absolute Gasteiger partial charge is 0.383 e. The summed E-state index contributed by atoms with van der Waals surface area (Å²) < 4.78 is 0. The third kappa shape index (κ3) is 2.34. The predicted octanol–water partition coefficient (Wildman–Crippen LogP) is 1.05. The number of thiazole rings is 1. The molecule has 0 fully saturated rings. The van der Waals surface area contributed by atoms with Crippen molar-refractivity contribution in [3.05, 3.63) is 40.5 Å². The van der Waals surface area contributed by atoms with Gasteiger partial charge in [0.25, 0.3) is 5.91 Å². The van der Waals surface area contributed by atoms with Crippen LogP contribution < -0.4 is 11.1 Å². The summed E-state index contributed by atoms with van der Waals surface area (Å²) in [5.74, 6) is -0.0000567. The second-order valence-corrected chi connectivity index (χ2v) is 4.02. The molecule has 0 aromatic carbocycles. The Kier molecular flexibility index (Phi) is 3.11. The molecule has 16 heavy (non-hydrogen) atoms.